The van der Waals surface area contributed by atoms with Crippen molar-refractivity contribution in [3.8, 4) is 5.75 Å². The van der Waals surface area contributed by atoms with Crippen LogP contribution >= 0.6 is 0 Å². The summed E-state index contributed by atoms with van der Waals surface area (Å²) in [7, 11) is 0. The van der Waals surface area contributed by atoms with Crippen LogP contribution in [0, 0.1) is 6.92 Å². The summed E-state index contributed by atoms with van der Waals surface area (Å²) >= 11 is 0. The quantitative estimate of drug-likeness (QED) is 0.735. The predicted molar refractivity (Wildman–Crippen MR) is 65.8 cm³/mol. The molecule has 0 heterocycles. The van der Waals surface area contributed by atoms with Crippen LogP contribution in [0.15, 0.2) is 48.6 Å². The Labute approximate surface area is 91.1 Å². The van der Waals surface area contributed by atoms with Crippen molar-refractivity contribution in [1.82, 2.24) is 0 Å². The van der Waals surface area contributed by atoms with Crippen LogP contribution in [-0.2, 0) is 0 Å². The van der Waals surface area contributed by atoms with Crippen LogP contribution in [0.3, 0.4) is 0 Å². The van der Waals surface area contributed by atoms with E-state index < -0.39 is 0 Å². The van der Waals surface area contributed by atoms with Gasteiger partial charge in [-0.15, -0.1) is 0 Å². The van der Waals surface area contributed by atoms with Crippen molar-refractivity contribution in [1.29, 1.82) is 0 Å². The molecule has 0 unspecified atom stereocenters. The molecule has 1 heteroatoms. The number of rotatable bonds is 3. The third kappa shape index (κ3) is 3.47. The second-order valence-electron chi connectivity index (χ2n) is 3.28. The SMILES string of the molecule is C\C=C/C=C\C=C\c1cccc(C)c1O. The second-order valence-corrected chi connectivity index (χ2v) is 3.28. The van der Waals surface area contributed by atoms with Crippen molar-refractivity contribution >= 4 is 6.08 Å². The van der Waals surface area contributed by atoms with Gasteiger partial charge in [0.25, 0.3) is 0 Å². The zero-order chi connectivity index (χ0) is 11.1. The largest absolute Gasteiger partial charge is 0.507 e. The van der Waals surface area contributed by atoms with Crippen LogP contribution in [-0.4, -0.2) is 5.11 Å². The summed E-state index contributed by atoms with van der Waals surface area (Å²) in [6, 6.07) is 5.72. The molecule has 0 atom stereocenters. The Bertz CT molecular complexity index is 398. The number of allylic oxidation sites excluding steroid dienone is 5. The summed E-state index contributed by atoms with van der Waals surface area (Å²) in [4.78, 5) is 0. The van der Waals surface area contributed by atoms with Crippen LogP contribution in [0.25, 0.3) is 6.08 Å². The van der Waals surface area contributed by atoms with E-state index in [2.05, 4.69) is 0 Å². The number of hydrogen-bond donors (Lipinski definition) is 1. The molecule has 15 heavy (non-hydrogen) atoms. The maximum atomic E-state index is 9.71. The molecule has 0 spiro atoms. The van der Waals surface area contributed by atoms with Gasteiger partial charge in [-0.2, -0.15) is 0 Å². The van der Waals surface area contributed by atoms with Gasteiger partial charge in [-0.3, -0.25) is 0 Å². The number of aryl methyl sites for hydroxylation is 1. The summed E-state index contributed by atoms with van der Waals surface area (Å²) < 4.78 is 0. The van der Waals surface area contributed by atoms with Gasteiger partial charge in [0.1, 0.15) is 5.75 Å². The lowest BCUT2D eigenvalue weighted by Crippen LogP contribution is -1.78. The molecule has 0 radical (unpaired) electrons. The highest BCUT2D eigenvalue weighted by molar-refractivity contribution is 5.60. The molecular formula is C14H16O. The van der Waals surface area contributed by atoms with Crippen molar-refractivity contribution < 1.29 is 5.11 Å². The molecule has 0 saturated heterocycles. The molecule has 0 fully saturated rings. The van der Waals surface area contributed by atoms with Crippen LogP contribution in [0.2, 0.25) is 0 Å². The summed E-state index contributed by atoms with van der Waals surface area (Å²) in [6.45, 7) is 3.86. The Morgan fingerprint density at radius 1 is 1.07 bits per heavy atom. The highest BCUT2D eigenvalue weighted by atomic mass is 16.3. The standard InChI is InChI=1S/C14H16O/c1-3-4-5-6-7-10-13-11-8-9-12(2)14(13)15/h3-11,15H,1-2H3/b4-3-,6-5-,10-7+. The van der Waals surface area contributed by atoms with E-state index in [9.17, 15) is 5.11 Å². The number of benzene rings is 1. The smallest absolute Gasteiger partial charge is 0.125 e. The lowest BCUT2D eigenvalue weighted by Gasteiger charge is -2.01. The highest BCUT2D eigenvalue weighted by Crippen LogP contribution is 2.22. The first-order valence-electron chi connectivity index (χ1n) is 5.00. The number of para-hydroxylation sites is 1. The van der Waals surface area contributed by atoms with Gasteiger partial charge in [0.2, 0.25) is 0 Å². The Balaban J connectivity index is 2.76. The van der Waals surface area contributed by atoms with Crippen molar-refractivity contribution in [3.05, 3.63) is 59.7 Å². The number of hydrogen-bond acceptors (Lipinski definition) is 1. The summed E-state index contributed by atoms with van der Waals surface area (Å²) in [6.07, 6.45) is 11.6. The minimum absolute atomic E-state index is 0.355. The van der Waals surface area contributed by atoms with E-state index >= 15 is 0 Å². The maximum absolute atomic E-state index is 9.71. The Kier molecular flexibility index (Phi) is 4.42. The first-order valence-corrected chi connectivity index (χ1v) is 5.00. The van der Waals surface area contributed by atoms with E-state index in [1.165, 1.54) is 0 Å². The molecule has 0 aliphatic carbocycles. The van der Waals surface area contributed by atoms with Gasteiger partial charge in [0, 0.05) is 5.56 Å². The summed E-state index contributed by atoms with van der Waals surface area (Å²) in [5.41, 5.74) is 1.75. The summed E-state index contributed by atoms with van der Waals surface area (Å²) in [5, 5.41) is 9.71. The molecule has 1 rings (SSSR count). The molecule has 0 aliphatic rings. The van der Waals surface area contributed by atoms with E-state index in [0.29, 0.717) is 5.75 Å². The summed E-state index contributed by atoms with van der Waals surface area (Å²) in [5.74, 6) is 0.355. The van der Waals surface area contributed by atoms with Gasteiger partial charge in [0.05, 0.1) is 0 Å². The fraction of sp³-hybridized carbons (Fsp3) is 0.143. The van der Waals surface area contributed by atoms with Gasteiger partial charge in [0.15, 0.2) is 0 Å². The highest BCUT2D eigenvalue weighted by Gasteiger charge is 1.98. The van der Waals surface area contributed by atoms with Crippen LogP contribution in [0.4, 0.5) is 0 Å². The molecule has 0 saturated carbocycles. The second kappa shape index (κ2) is 5.86. The molecule has 1 aromatic rings. The molecule has 78 valence electrons. The van der Waals surface area contributed by atoms with Gasteiger partial charge in [-0.05, 0) is 19.4 Å². The fourth-order valence-corrected chi connectivity index (χ4v) is 1.21. The van der Waals surface area contributed by atoms with E-state index in [1.807, 2.05) is 68.5 Å². The lowest BCUT2D eigenvalue weighted by molar-refractivity contribution is 0.470. The van der Waals surface area contributed by atoms with Crippen molar-refractivity contribution in [3.63, 3.8) is 0 Å². The number of aromatic hydroxyl groups is 1. The third-order valence-corrected chi connectivity index (χ3v) is 2.07. The Morgan fingerprint density at radius 2 is 1.80 bits per heavy atom. The van der Waals surface area contributed by atoms with E-state index in [1.54, 1.807) is 0 Å². The Hall–Kier alpha value is -1.76. The zero-order valence-corrected chi connectivity index (χ0v) is 9.14. The molecule has 0 aliphatic heterocycles. The number of phenolic OH excluding ortho intramolecular Hbond substituents is 1. The molecule has 1 nitrogen and oxygen atoms in total. The average molecular weight is 200 g/mol. The van der Waals surface area contributed by atoms with Crippen molar-refractivity contribution in [2.75, 3.05) is 0 Å². The van der Waals surface area contributed by atoms with E-state index in [4.69, 9.17) is 0 Å². The van der Waals surface area contributed by atoms with Gasteiger partial charge < -0.3 is 5.11 Å². The molecule has 0 bridgehead atoms. The molecule has 1 aromatic carbocycles. The van der Waals surface area contributed by atoms with Crippen LogP contribution in [0.5, 0.6) is 5.75 Å². The molecule has 0 amide bonds. The monoisotopic (exact) mass is 200 g/mol. The van der Waals surface area contributed by atoms with Gasteiger partial charge >= 0.3 is 0 Å². The zero-order valence-electron chi connectivity index (χ0n) is 9.14. The van der Waals surface area contributed by atoms with Crippen LogP contribution in [0.1, 0.15) is 18.1 Å². The van der Waals surface area contributed by atoms with E-state index in [-0.39, 0.29) is 0 Å². The van der Waals surface area contributed by atoms with Gasteiger partial charge in [-0.1, -0.05) is 54.7 Å². The first-order chi connectivity index (χ1) is 7.25. The van der Waals surface area contributed by atoms with Crippen molar-refractivity contribution in [2.24, 2.45) is 0 Å². The lowest BCUT2D eigenvalue weighted by atomic mass is 10.1. The fourth-order valence-electron chi connectivity index (χ4n) is 1.21. The predicted octanol–water partition coefficient (Wildman–Crippen LogP) is 3.85. The first kappa shape index (κ1) is 11.3. The van der Waals surface area contributed by atoms with Crippen LogP contribution < -0.4 is 0 Å². The maximum Gasteiger partial charge on any atom is 0.125 e. The van der Waals surface area contributed by atoms with Gasteiger partial charge in [-0.25, -0.2) is 0 Å². The molecule has 0 aromatic heterocycles. The topological polar surface area (TPSA) is 20.2 Å². The minimum Gasteiger partial charge on any atom is -0.507 e. The molecular weight excluding hydrogens is 184 g/mol. The normalized spacial score (nSPS) is 12.1. The minimum atomic E-state index is 0.355. The third-order valence-electron chi connectivity index (χ3n) is 2.07. The van der Waals surface area contributed by atoms with E-state index in [0.717, 1.165) is 11.1 Å². The Morgan fingerprint density at radius 3 is 2.53 bits per heavy atom. The van der Waals surface area contributed by atoms with Crippen molar-refractivity contribution in [2.45, 2.75) is 13.8 Å². The average Bonchev–Trinajstić information content (AvgIpc) is 2.24. The molecule has 1 N–H and O–H groups in total. The number of phenols is 1.